The highest BCUT2D eigenvalue weighted by atomic mass is 35.5. The molecule has 5 nitrogen and oxygen atoms in total. The minimum atomic E-state index is -4.05. The van der Waals surface area contributed by atoms with Gasteiger partial charge in [-0.25, -0.2) is 0 Å². The molecule has 1 fully saturated rings. The summed E-state index contributed by atoms with van der Waals surface area (Å²) in [6, 6.07) is 0. The Morgan fingerprint density at radius 1 is 1.22 bits per heavy atom. The van der Waals surface area contributed by atoms with Crippen molar-refractivity contribution in [3.05, 3.63) is 0 Å². The van der Waals surface area contributed by atoms with Gasteiger partial charge in [0.05, 0.1) is 17.4 Å². The van der Waals surface area contributed by atoms with Crippen molar-refractivity contribution in [3.8, 4) is 0 Å². The van der Waals surface area contributed by atoms with Gasteiger partial charge in [0, 0.05) is 5.38 Å². The summed E-state index contributed by atoms with van der Waals surface area (Å²) in [7, 11) is -4.42. The van der Waals surface area contributed by atoms with E-state index in [0.717, 1.165) is 0 Å². The Labute approximate surface area is 113 Å². The fourth-order valence-electron chi connectivity index (χ4n) is 1.75. The summed E-state index contributed by atoms with van der Waals surface area (Å²) in [5.41, 5.74) is -0.772. The molecular formula is C10H21BClO5P. The van der Waals surface area contributed by atoms with Crippen molar-refractivity contribution in [2.24, 2.45) is 0 Å². The average molecular weight is 299 g/mol. The van der Waals surface area contributed by atoms with E-state index in [2.05, 4.69) is 0 Å². The first-order valence-corrected chi connectivity index (χ1v) is 8.21. The van der Waals surface area contributed by atoms with Gasteiger partial charge in [0.15, 0.2) is 0 Å². The third-order valence-corrected chi connectivity index (χ3v) is 4.96. The third kappa shape index (κ3) is 4.51. The largest absolute Gasteiger partial charge is 0.457 e. The molecule has 1 atom stereocenters. The lowest BCUT2D eigenvalue weighted by Gasteiger charge is -2.32. The maximum Gasteiger partial charge on any atom is 0.457 e. The topological polar surface area (TPSA) is 76.0 Å². The van der Waals surface area contributed by atoms with Crippen LogP contribution < -0.4 is 0 Å². The highest BCUT2D eigenvalue weighted by molar-refractivity contribution is 7.51. The first-order valence-electron chi connectivity index (χ1n) is 5.97. The maximum absolute atomic E-state index is 10.8. The molecule has 0 radical (unpaired) electrons. The van der Waals surface area contributed by atoms with Crippen molar-refractivity contribution in [2.75, 3.05) is 6.16 Å². The Kier molecular flexibility index (Phi) is 4.97. The van der Waals surface area contributed by atoms with E-state index in [1.165, 1.54) is 0 Å². The van der Waals surface area contributed by atoms with Crippen molar-refractivity contribution in [1.29, 1.82) is 0 Å². The SMILES string of the molecule is CC1(C)OB(CCC(Cl)CP(=O)(O)O)OC1(C)C. The summed E-state index contributed by atoms with van der Waals surface area (Å²) in [6.45, 7) is 7.84. The monoisotopic (exact) mass is 298 g/mol. The molecule has 1 aliphatic heterocycles. The van der Waals surface area contributed by atoms with Crippen molar-refractivity contribution in [3.63, 3.8) is 0 Å². The second kappa shape index (κ2) is 5.43. The molecule has 0 amide bonds. The van der Waals surface area contributed by atoms with Gasteiger partial charge < -0.3 is 19.1 Å². The van der Waals surface area contributed by atoms with Crippen molar-refractivity contribution in [2.45, 2.75) is 57.0 Å². The molecule has 2 N–H and O–H groups in total. The smallest absolute Gasteiger partial charge is 0.403 e. The summed E-state index contributed by atoms with van der Waals surface area (Å²) in [5, 5.41) is -0.565. The lowest BCUT2D eigenvalue weighted by molar-refractivity contribution is 0.00578. The van der Waals surface area contributed by atoms with Crippen LogP contribution in [-0.2, 0) is 13.9 Å². The predicted octanol–water partition coefficient (Wildman–Crippen LogP) is 2.25. The molecule has 0 aliphatic carbocycles. The maximum atomic E-state index is 10.8. The van der Waals surface area contributed by atoms with Gasteiger partial charge in [-0.3, -0.25) is 4.57 Å². The quantitative estimate of drug-likeness (QED) is 0.462. The molecule has 0 spiro atoms. The summed E-state index contributed by atoms with van der Waals surface area (Å²) >= 11 is 5.88. The molecule has 0 saturated carbocycles. The highest BCUT2D eigenvalue weighted by Gasteiger charge is 2.50. The normalized spacial score (nSPS) is 24.3. The fraction of sp³-hybridized carbons (Fsp3) is 1.00. The zero-order valence-electron chi connectivity index (χ0n) is 11.2. The van der Waals surface area contributed by atoms with E-state index < -0.39 is 13.0 Å². The van der Waals surface area contributed by atoms with Crippen LogP contribution in [0.2, 0.25) is 6.32 Å². The minimum absolute atomic E-state index is 0.311. The van der Waals surface area contributed by atoms with Crippen LogP contribution in [-0.4, -0.2) is 39.6 Å². The Morgan fingerprint density at radius 3 is 2.06 bits per heavy atom. The molecule has 1 rings (SSSR count). The first-order chi connectivity index (χ1) is 7.93. The van der Waals surface area contributed by atoms with Gasteiger partial charge in [-0.2, -0.15) is 0 Å². The molecule has 1 heterocycles. The molecule has 0 bridgehead atoms. The van der Waals surface area contributed by atoms with Gasteiger partial charge >= 0.3 is 14.7 Å². The lowest BCUT2D eigenvalue weighted by Crippen LogP contribution is -2.41. The van der Waals surface area contributed by atoms with Crippen LogP contribution in [0.5, 0.6) is 0 Å². The molecule has 0 aromatic rings. The van der Waals surface area contributed by atoms with E-state index in [1.807, 2.05) is 27.7 Å². The Balaban J connectivity index is 2.41. The highest BCUT2D eigenvalue weighted by Crippen LogP contribution is 2.40. The Morgan fingerprint density at radius 2 is 1.67 bits per heavy atom. The summed E-state index contributed by atoms with van der Waals surface area (Å²) in [4.78, 5) is 17.6. The summed E-state index contributed by atoms with van der Waals surface area (Å²) < 4.78 is 22.3. The Bertz CT molecular complexity index is 327. The van der Waals surface area contributed by atoms with Gasteiger partial charge in [0.1, 0.15) is 0 Å². The van der Waals surface area contributed by atoms with Crippen LogP contribution in [0.4, 0.5) is 0 Å². The summed E-state index contributed by atoms with van der Waals surface area (Å²) in [6.07, 6.45) is 0.665. The van der Waals surface area contributed by atoms with Gasteiger partial charge in [0.2, 0.25) is 0 Å². The predicted molar refractivity (Wildman–Crippen MR) is 72.1 cm³/mol. The molecule has 1 saturated heterocycles. The van der Waals surface area contributed by atoms with Gasteiger partial charge in [0.25, 0.3) is 0 Å². The number of hydrogen-bond acceptors (Lipinski definition) is 3. The summed E-state index contributed by atoms with van der Waals surface area (Å²) in [5.74, 6) is 0. The van der Waals surface area contributed by atoms with E-state index in [-0.39, 0.29) is 24.5 Å². The molecule has 106 valence electrons. The van der Waals surface area contributed by atoms with Crippen LogP contribution in [0.25, 0.3) is 0 Å². The number of rotatable bonds is 5. The van der Waals surface area contributed by atoms with E-state index in [0.29, 0.717) is 12.7 Å². The second-order valence-electron chi connectivity index (χ2n) is 5.71. The van der Waals surface area contributed by atoms with E-state index >= 15 is 0 Å². The van der Waals surface area contributed by atoms with Crippen LogP contribution >= 0.6 is 19.2 Å². The zero-order valence-corrected chi connectivity index (χ0v) is 12.9. The Hall–Kier alpha value is 0.425. The van der Waals surface area contributed by atoms with E-state index in [4.69, 9.17) is 30.7 Å². The van der Waals surface area contributed by atoms with Crippen LogP contribution in [0.15, 0.2) is 0 Å². The molecule has 1 aliphatic rings. The number of hydrogen-bond donors (Lipinski definition) is 2. The molecule has 0 aromatic carbocycles. The number of halogens is 1. The first kappa shape index (κ1) is 16.5. The van der Waals surface area contributed by atoms with Crippen molar-refractivity contribution < 1.29 is 23.7 Å². The second-order valence-corrected chi connectivity index (χ2v) is 8.02. The van der Waals surface area contributed by atoms with Crippen molar-refractivity contribution in [1.82, 2.24) is 0 Å². The lowest BCUT2D eigenvalue weighted by atomic mass is 9.82. The third-order valence-electron chi connectivity index (χ3n) is 3.45. The molecule has 1 unspecified atom stereocenters. The standard InChI is InChI=1S/C10H21BClO5P/c1-9(2)10(3,4)17-11(16-9)6-5-8(12)7-18(13,14)15/h8H,5-7H2,1-4H3,(H2,13,14,15). The van der Waals surface area contributed by atoms with Gasteiger partial charge in [-0.1, -0.05) is 0 Å². The van der Waals surface area contributed by atoms with E-state index in [9.17, 15) is 4.57 Å². The molecular weight excluding hydrogens is 277 g/mol. The fourth-order valence-corrected chi connectivity index (χ4v) is 3.11. The van der Waals surface area contributed by atoms with Crippen molar-refractivity contribution >= 4 is 26.3 Å². The molecule has 18 heavy (non-hydrogen) atoms. The average Bonchev–Trinajstić information content (AvgIpc) is 2.29. The zero-order chi connectivity index (χ0) is 14.2. The van der Waals surface area contributed by atoms with Crippen LogP contribution in [0, 0.1) is 0 Å². The van der Waals surface area contributed by atoms with E-state index in [1.54, 1.807) is 0 Å². The number of alkyl halides is 1. The molecule has 0 aromatic heterocycles. The van der Waals surface area contributed by atoms with Crippen LogP contribution in [0.1, 0.15) is 34.1 Å². The van der Waals surface area contributed by atoms with Crippen LogP contribution in [0.3, 0.4) is 0 Å². The minimum Gasteiger partial charge on any atom is -0.403 e. The van der Waals surface area contributed by atoms with Gasteiger partial charge in [-0.15, -0.1) is 11.6 Å². The van der Waals surface area contributed by atoms with Gasteiger partial charge in [-0.05, 0) is 40.4 Å². The molecule has 8 heteroatoms.